The Morgan fingerprint density at radius 1 is 1.41 bits per heavy atom. The van der Waals surface area contributed by atoms with Crippen molar-refractivity contribution in [1.82, 2.24) is 14.7 Å². The molecule has 0 saturated carbocycles. The van der Waals surface area contributed by atoms with E-state index in [1.807, 2.05) is 11.9 Å². The standard InChI is InChI=1S/C11H21N5O/c1-14(2)10(17)16-6-4-11(5-7-16)8-13-9(12)15(11)3/h4-8H2,1-3H3,(H2,12,13). The largest absolute Gasteiger partial charge is 0.370 e. The molecule has 17 heavy (non-hydrogen) atoms. The van der Waals surface area contributed by atoms with Crippen LogP contribution in [0.3, 0.4) is 0 Å². The van der Waals surface area contributed by atoms with Crippen molar-refractivity contribution in [3.63, 3.8) is 0 Å². The van der Waals surface area contributed by atoms with Crippen molar-refractivity contribution in [2.24, 2.45) is 10.7 Å². The maximum atomic E-state index is 11.8. The molecule has 0 aromatic rings. The zero-order valence-electron chi connectivity index (χ0n) is 10.8. The van der Waals surface area contributed by atoms with Crippen molar-refractivity contribution < 1.29 is 4.79 Å². The normalized spacial score (nSPS) is 22.9. The molecular weight excluding hydrogens is 218 g/mol. The zero-order valence-corrected chi connectivity index (χ0v) is 10.8. The number of urea groups is 1. The van der Waals surface area contributed by atoms with E-state index < -0.39 is 0 Å². The molecule has 6 heteroatoms. The first-order chi connectivity index (χ1) is 7.96. The molecule has 0 aromatic carbocycles. The van der Waals surface area contributed by atoms with Crippen LogP contribution in [-0.4, -0.2) is 73.0 Å². The minimum absolute atomic E-state index is 0.0488. The molecule has 2 amide bonds. The van der Waals surface area contributed by atoms with Gasteiger partial charge in [0.15, 0.2) is 5.96 Å². The molecule has 2 aliphatic heterocycles. The molecule has 1 fully saturated rings. The van der Waals surface area contributed by atoms with Gasteiger partial charge in [0.2, 0.25) is 0 Å². The van der Waals surface area contributed by atoms with E-state index in [1.54, 1.807) is 19.0 Å². The fourth-order valence-corrected chi connectivity index (χ4v) is 2.57. The lowest BCUT2D eigenvalue weighted by atomic mass is 9.87. The van der Waals surface area contributed by atoms with Crippen LogP contribution >= 0.6 is 0 Å². The highest BCUT2D eigenvalue weighted by atomic mass is 16.2. The second-order valence-corrected chi connectivity index (χ2v) is 5.12. The SMILES string of the molecule is CN(C)C(=O)N1CCC2(CC1)CN=C(N)N2C. The Morgan fingerprint density at radius 2 is 2.00 bits per heavy atom. The molecule has 0 atom stereocenters. The number of carbonyl (C=O) groups is 1. The number of hydrogen-bond acceptors (Lipinski definition) is 4. The van der Waals surface area contributed by atoms with Crippen LogP contribution in [0, 0.1) is 0 Å². The van der Waals surface area contributed by atoms with Crippen molar-refractivity contribution in [2.75, 3.05) is 40.8 Å². The fourth-order valence-electron chi connectivity index (χ4n) is 2.57. The van der Waals surface area contributed by atoms with Gasteiger partial charge < -0.3 is 20.4 Å². The van der Waals surface area contributed by atoms with Gasteiger partial charge in [-0.2, -0.15) is 0 Å². The van der Waals surface area contributed by atoms with Crippen LogP contribution in [0.15, 0.2) is 4.99 Å². The number of piperidine rings is 1. The van der Waals surface area contributed by atoms with E-state index in [4.69, 9.17) is 5.73 Å². The number of amides is 2. The molecule has 1 saturated heterocycles. The van der Waals surface area contributed by atoms with Gasteiger partial charge in [-0.3, -0.25) is 4.99 Å². The second kappa shape index (κ2) is 4.09. The first kappa shape index (κ1) is 12.0. The van der Waals surface area contributed by atoms with Gasteiger partial charge in [-0.05, 0) is 12.8 Å². The number of rotatable bonds is 0. The summed E-state index contributed by atoms with van der Waals surface area (Å²) in [6, 6.07) is 0.0920. The lowest BCUT2D eigenvalue weighted by molar-refractivity contribution is 0.101. The van der Waals surface area contributed by atoms with E-state index >= 15 is 0 Å². The Labute approximate surface area is 102 Å². The van der Waals surface area contributed by atoms with Crippen molar-refractivity contribution in [3.8, 4) is 0 Å². The maximum Gasteiger partial charge on any atom is 0.319 e. The predicted molar refractivity (Wildman–Crippen MR) is 66.9 cm³/mol. The van der Waals surface area contributed by atoms with Gasteiger partial charge in [0.05, 0.1) is 12.1 Å². The minimum Gasteiger partial charge on any atom is -0.370 e. The van der Waals surface area contributed by atoms with Crippen LogP contribution in [0.4, 0.5) is 4.79 Å². The number of nitrogens with zero attached hydrogens (tertiary/aromatic N) is 4. The van der Waals surface area contributed by atoms with Gasteiger partial charge in [0.25, 0.3) is 0 Å². The summed E-state index contributed by atoms with van der Waals surface area (Å²) in [5.74, 6) is 0.623. The summed E-state index contributed by atoms with van der Waals surface area (Å²) in [6.45, 7) is 2.33. The van der Waals surface area contributed by atoms with Crippen LogP contribution in [0.25, 0.3) is 0 Å². The molecule has 2 aliphatic rings. The van der Waals surface area contributed by atoms with Gasteiger partial charge in [0, 0.05) is 34.2 Å². The Hall–Kier alpha value is -1.46. The molecule has 0 radical (unpaired) electrons. The van der Waals surface area contributed by atoms with Gasteiger partial charge in [0.1, 0.15) is 0 Å². The molecular formula is C11H21N5O. The third-order valence-electron chi connectivity index (χ3n) is 3.94. The number of hydrogen-bond donors (Lipinski definition) is 1. The van der Waals surface area contributed by atoms with Gasteiger partial charge in [-0.25, -0.2) is 4.79 Å². The first-order valence-corrected chi connectivity index (χ1v) is 5.96. The van der Waals surface area contributed by atoms with E-state index in [1.165, 1.54) is 0 Å². The van der Waals surface area contributed by atoms with Crippen LogP contribution in [0.5, 0.6) is 0 Å². The molecule has 1 spiro atoms. The molecule has 96 valence electrons. The summed E-state index contributed by atoms with van der Waals surface area (Å²) in [6.07, 6.45) is 1.88. The average molecular weight is 239 g/mol. The van der Waals surface area contributed by atoms with Gasteiger partial charge in [-0.15, -0.1) is 0 Å². The summed E-state index contributed by atoms with van der Waals surface area (Å²) in [7, 11) is 5.57. The third kappa shape index (κ3) is 1.92. The third-order valence-corrected chi connectivity index (χ3v) is 3.94. The molecule has 2 N–H and O–H groups in total. The van der Waals surface area contributed by atoms with Crippen LogP contribution in [0.2, 0.25) is 0 Å². The maximum absolute atomic E-state index is 11.8. The van der Waals surface area contributed by atoms with Gasteiger partial charge in [-0.1, -0.05) is 0 Å². The van der Waals surface area contributed by atoms with Crippen LogP contribution in [0.1, 0.15) is 12.8 Å². The lowest BCUT2D eigenvalue weighted by Crippen LogP contribution is -2.57. The number of carbonyl (C=O) groups excluding carboxylic acids is 1. The number of guanidine groups is 1. The van der Waals surface area contributed by atoms with E-state index in [-0.39, 0.29) is 11.6 Å². The molecule has 0 bridgehead atoms. The smallest absolute Gasteiger partial charge is 0.319 e. The Balaban J connectivity index is 1.97. The lowest BCUT2D eigenvalue weighted by Gasteiger charge is -2.44. The summed E-state index contributed by atoms with van der Waals surface area (Å²) in [5, 5.41) is 0. The fraction of sp³-hybridized carbons (Fsp3) is 0.818. The van der Waals surface area contributed by atoms with Crippen molar-refractivity contribution >= 4 is 12.0 Å². The number of likely N-dealkylation sites (N-methyl/N-ethyl adjacent to an activating group) is 1. The second-order valence-electron chi connectivity index (χ2n) is 5.12. The van der Waals surface area contributed by atoms with E-state index in [9.17, 15) is 4.79 Å². The molecule has 6 nitrogen and oxygen atoms in total. The molecule has 0 aromatic heterocycles. The predicted octanol–water partition coefficient (Wildman–Crippen LogP) is -0.237. The number of nitrogens with two attached hydrogens (primary N) is 1. The highest BCUT2D eigenvalue weighted by Crippen LogP contribution is 2.31. The van der Waals surface area contributed by atoms with Crippen molar-refractivity contribution in [3.05, 3.63) is 0 Å². The van der Waals surface area contributed by atoms with Crippen LogP contribution in [-0.2, 0) is 0 Å². The summed E-state index contributed by atoms with van der Waals surface area (Å²) in [5.41, 5.74) is 5.86. The topological polar surface area (TPSA) is 65.2 Å². The number of likely N-dealkylation sites (tertiary alicyclic amines) is 1. The molecule has 2 heterocycles. The summed E-state index contributed by atoms with van der Waals surface area (Å²) >= 11 is 0. The highest BCUT2D eigenvalue weighted by molar-refractivity contribution is 5.81. The molecule has 2 rings (SSSR count). The molecule has 0 unspecified atom stereocenters. The Bertz CT molecular complexity index is 344. The van der Waals surface area contributed by atoms with Crippen LogP contribution < -0.4 is 5.73 Å². The van der Waals surface area contributed by atoms with E-state index in [0.717, 1.165) is 32.5 Å². The monoisotopic (exact) mass is 239 g/mol. The van der Waals surface area contributed by atoms with Crippen molar-refractivity contribution in [2.45, 2.75) is 18.4 Å². The quantitative estimate of drug-likeness (QED) is 0.634. The average Bonchev–Trinajstić information content (AvgIpc) is 2.59. The highest BCUT2D eigenvalue weighted by Gasteiger charge is 2.43. The summed E-state index contributed by atoms with van der Waals surface area (Å²) in [4.78, 5) is 21.7. The Kier molecular flexibility index (Phi) is 2.89. The first-order valence-electron chi connectivity index (χ1n) is 5.96. The molecule has 0 aliphatic carbocycles. The summed E-state index contributed by atoms with van der Waals surface area (Å²) < 4.78 is 0. The zero-order chi connectivity index (χ0) is 12.6. The van der Waals surface area contributed by atoms with E-state index in [2.05, 4.69) is 9.89 Å². The van der Waals surface area contributed by atoms with Gasteiger partial charge >= 0.3 is 6.03 Å². The Morgan fingerprint density at radius 3 is 2.41 bits per heavy atom. The van der Waals surface area contributed by atoms with Crippen molar-refractivity contribution in [1.29, 1.82) is 0 Å². The van der Waals surface area contributed by atoms with E-state index in [0.29, 0.717) is 5.96 Å². The minimum atomic E-state index is 0.0488. The number of aliphatic imine (C=N–C) groups is 1.